The average molecular weight is 427 g/mol. The third-order valence-electron chi connectivity index (χ3n) is 4.87. The number of nitrogens with zero attached hydrogens (tertiary/aromatic N) is 1. The standard InChI is InChI=1S/C21H18FN3O4S/c22-17-8-7-15(14-5-2-1-3-6-14)11-18(17)24-30(28,29)19-12-16(13-23-20(19)26)21(27)25-9-4-10-25/h1-3,5-8,11-13,24H,4,9-10H2,(H,23,26). The van der Waals surface area contributed by atoms with E-state index >= 15 is 0 Å². The second kappa shape index (κ2) is 7.75. The van der Waals surface area contributed by atoms with Crippen molar-refractivity contribution >= 4 is 21.6 Å². The summed E-state index contributed by atoms with van der Waals surface area (Å²) in [6.07, 6.45) is 2.05. The highest BCUT2D eigenvalue weighted by atomic mass is 32.2. The summed E-state index contributed by atoms with van der Waals surface area (Å²) in [5.41, 5.74) is 0.231. The van der Waals surface area contributed by atoms with Gasteiger partial charge in [-0.25, -0.2) is 12.8 Å². The summed E-state index contributed by atoms with van der Waals surface area (Å²) in [4.78, 5) is 27.7. The SMILES string of the molecule is O=C(c1c[nH]c(=O)c(S(=O)(=O)Nc2cc(-c3ccccc3)ccc2F)c1)N1CCC1. The molecule has 0 unspecified atom stereocenters. The van der Waals surface area contributed by atoms with Gasteiger partial charge in [-0.05, 0) is 35.7 Å². The van der Waals surface area contributed by atoms with E-state index in [-0.39, 0.29) is 17.2 Å². The summed E-state index contributed by atoms with van der Waals surface area (Å²) in [5, 5.41) is 0. The van der Waals surface area contributed by atoms with Crippen LogP contribution < -0.4 is 10.3 Å². The number of carbonyl (C=O) groups is 1. The number of H-pyrrole nitrogens is 1. The van der Waals surface area contributed by atoms with Crippen molar-refractivity contribution in [3.05, 3.63) is 82.5 Å². The molecule has 7 nitrogen and oxygen atoms in total. The Kier molecular flexibility index (Phi) is 5.13. The van der Waals surface area contributed by atoms with E-state index in [4.69, 9.17) is 0 Å². The summed E-state index contributed by atoms with van der Waals surface area (Å²) in [7, 11) is -4.44. The fourth-order valence-corrected chi connectivity index (χ4v) is 4.24. The highest BCUT2D eigenvalue weighted by Crippen LogP contribution is 2.26. The van der Waals surface area contributed by atoms with Crippen LogP contribution in [0, 0.1) is 5.82 Å². The first kappa shape index (κ1) is 19.8. The van der Waals surface area contributed by atoms with E-state index in [1.807, 2.05) is 18.2 Å². The topological polar surface area (TPSA) is 99.3 Å². The minimum atomic E-state index is -4.44. The predicted octanol–water partition coefficient (Wildman–Crippen LogP) is 2.83. The molecular weight excluding hydrogens is 409 g/mol. The van der Waals surface area contributed by atoms with Crippen molar-refractivity contribution in [3.63, 3.8) is 0 Å². The summed E-state index contributed by atoms with van der Waals surface area (Å²) in [5.74, 6) is -1.16. The Bertz CT molecular complexity index is 1270. The highest BCUT2D eigenvalue weighted by Gasteiger charge is 2.26. The number of pyridine rings is 1. The van der Waals surface area contributed by atoms with Gasteiger partial charge in [0.05, 0.1) is 11.3 Å². The lowest BCUT2D eigenvalue weighted by Gasteiger charge is -2.30. The van der Waals surface area contributed by atoms with Crippen LogP contribution in [-0.2, 0) is 10.0 Å². The molecule has 9 heteroatoms. The number of amides is 1. The molecule has 0 radical (unpaired) electrons. The number of carbonyl (C=O) groups excluding carboxylic acids is 1. The number of likely N-dealkylation sites (tertiary alicyclic amines) is 1. The molecule has 1 saturated heterocycles. The molecular formula is C21H18FN3O4S. The Morgan fingerprint density at radius 1 is 1.03 bits per heavy atom. The Morgan fingerprint density at radius 2 is 1.77 bits per heavy atom. The number of halogens is 1. The van der Waals surface area contributed by atoms with Crippen LogP contribution in [0.4, 0.5) is 10.1 Å². The predicted molar refractivity (Wildman–Crippen MR) is 110 cm³/mol. The second-order valence-electron chi connectivity index (χ2n) is 6.89. The molecule has 1 amide bonds. The van der Waals surface area contributed by atoms with E-state index in [9.17, 15) is 22.4 Å². The van der Waals surface area contributed by atoms with Crippen LogP contribution in [0.15, 0.2) is 70.5 Å². The Hall–Kier alpha value is -3.46. The smallest absolute Gasteiger partial charge is 0.268 e. The maximum absolute atomic E-state index is 14.3. The lowest BCUT2D eigenvalue weighted by molar-refractivity contribution is 0.0651. The van der Waals surface area contributed by atoms with Gasteiger partial charge >= 0.3 is 0 Å². The molecule has 154 valence electrons. The number of sulfonamides is 1. The average Bonchev–Trinajstić information content (AvgIpc) is 2.69. The fourth-order valence-electron chi connectivity index (χ4n) is 3.10. The second-order valence-corrected chi connectivity index (χ2v) is 8.54. The number of rotatable bonds is 5. The molecule has 4 rings (SSSR count). The lowest BCUT2D eigenvalue weighted by Crippen LogP contribution is -2.42. The summed E-state index contributed by atoms with van der Waals surface area (Å²) >= 11 is 0. The van der Waals surface area contributed by atoms with Gasteiger partial charge < -0.3 is 9.88 Å². The van der Waals surface area contributed by atoms with Gasteiger partial charge in [0.1, 0.15) is 5.82 Å². The van der Waals surface area contributed by atoms with E-state index in [2.05, 4.69) is 9.71 Å². The molecule has 0 saturated carbocycles. The number of aromatic amines is 1. The van der Waals surface area contributed by atoms with Gasteiger partial charge in [0.2, 0.25) is 0 Å². The number of hydrogen-bond donors (Lipinski definition) is 2. The Morgan fingerprint density at radius 3 is 2.43 bits per heavy atom. The molecule has 2 aromatic carbocycles. The third kappa shape index (κ3) is 3.84. The van der Waals surface area contributed by atoms with Crippen molar-refractivity contribution in [2.24, 2.45) is 0 Å². The fraction of sp³-hybridized carbons (Fsp3) is 0.143. The van der Waals surface area contributed by atoms with Gasteiger partial charge in [-0.2, -0.15) is 0 Å². The van der Waals surface area contributed by atoms with Crippen molar-refractivity contribution in [1.82, 2.24) is 9.88 Å². The van der Waals surface area contributed by atoms with E-state index in [0.29, 0.717) is 18.7 Å². The molecule has 0 spiro atoms. The van der Waals surface area contributed by atoms with Crippen LogP contribution in [0.2, 0.25) is 0 Å². The zero-order valence-electron chi connectivity index (χ0n) is 15.8. The zero-order chi connectivity index (χ0) is 21.3. The van der Waals surface area contributed by atoms with Crippen molar-refractivity contribution < 1.29 is 17.6 Å². The quantitative estimate of drug-likeness (QED) is 0.654. The van der Waals surface area contributed by atoms with E-state index in [1.165, 1.54) is 18.3 Å². The molecule has 0 aliphatic carbocycles. The largest absolute Gasteiger partial charge is 0.338 e. The number of nitrogens with one attached hydrogen (secondary N) is 2. The maximum atomic E-state index is 14.3. The molecule has 2 N–H and O–H groups in total. The van der Waals surface area contributed by atoms with E-state index < -0.39 is 26.3 Å². The van der Waals surface area contributed by atoms with Crippen LogP contribution >= 0.6 is 0 Å². The molecule has 1 fully saturated rings. The van der Waals surface area contributed by atoms with E-state index in [0.717, 1.165) is 24.1 Å². The number of hydrogen-bond acceptors (Lipinski definition) is 4. The summed E-state index contributed by atoms with van der Waals surface area (Å²) in [6.45, 7) is 1.16. The summed E-state index contributed by atoms with van der Waals surface area (Å²) < 4.78 is 42.1. The van der Waals surface area contributed by atoms with Gasteiger partial charge in [-0.3, -0.25) is 14.3 Å². The van der Waals surface area contributed by atoms with Gasteiger partial charge in [-0.15, -0.1) is 0 Å². The molecule has 30 heavy (non-hydrogen) atoms. The maximum Gasteiger partial charge on any atom is 0.268 e. The Balaban J connectivity index is 1.68. The molecule has 1 aromatic heterocycles. The van der Waals surface area contributed by atoms with Crippen LogP contribution in [0.3, 0.4) is 0 Å². The van der Waals surface area contributed by atoms with Crippen molar-refractivity contribution in [1.29, 1.82) is 0 Å². The van der Waals surface area contributed by atoms with Gasteiger partial charge in [0.25, 0.3) is 21.5 Å². The van der Waals surface area contributed by atoms with Gasteiger partial charge in [-0.1, -0.05) is 36.4 Å². The highest BCUT2D eigenvalue weighted by molar-refractivity contribution is 7.92. The van der Waals surface area contributed by atoms with Crippen LogP contribution in [-0.4, -0.2) is 37.3 Å². The first-order chi connectivity index (χ1) is 14.3. The monoisotopic (exact) mass is 427 g/mol. The zero-order valence-corrected chi connectivity index (χ0v) is 16.6. The van der Waals surface area contributed by atoms with Crippen molar-refractivity contribution in [2.75, 3.05) is 17.8 Å². The third-order valence-corrected chi connectivity index (χ3v) is 6.24. The number of anilines is 1. The first-order valence-corrected chi connectivity index (χ1v) is 10.7. The normalized spacial score (nSPS) is 13.6. The minimum absolute atomic E-state index is 0.0492. The number of benzene rings is 2. The first-order valence-electron chi connectivity index (χ1n) is 9.25. The van der Waals surface area contributed by atoms with E-state index in [1.54, 1.807) is 17.0 Å². The van der Waals surface area contributed by atoms with Crippen LogP contribution in [0.25, 0.3) is 11.1 Å². The molecule has 3 aromatic rings. The number of aromatic nitrogens is 1. The minimum Gasteiger partial charge on any atom is -0.338 e. The molecule has 1 aliphatic heterocycles. The molecule has 1 aliphatic rings. The molecule has 0 bridgehead atoms. The van der Waals surface area contributed by atoms with Crippen LogP contribution in [0.1, 0.15) is 16.8 Å². The molecule has 0 atom stereocenters. The lowest BCUT2D eigenvalue weighted by atomic mass is 10.1. The van der Waals surface area contributed by atoms with Gasteiger partial charge in [0.15, 0.2) is 4.90 Å². The van der Waals surface area contributed by atoms with Gasteiger partial charge in [0, 0.05) is 19.3 Å². The van der Waals surface area contributed by atoms with Crippen molar-refractivity contribution in [2.45, 2.75) is 11.3 Å². The summed E-state index contributed by atoms with van der Waals surface area (Å²) in [6, 6.07) is 14.1. The van der Waals surface area contributed by atoms with Crippen molar-refractivity contribution in [3.8, 4) is 11.1 Å². The molecule has 2 heterocycles. The van der Waals surface area contributed by atoms with Crippen LogP contribution in [0.5, 0.6) is 0 Å². The Labute approximate surface area is 172 Å².